The van der Waals surface area contributed by atoms with E-state index in [1.807, 2.05) is 50.2 Å². The molecule has 1 unspecified atom stereocenters. The van der Waals surface area contributed by atoms with Crippen LogP contribution in [0.5, 0.6) is 5.75 Å². The minimum atomic E-state index is -0.337. The predicted octanol–water partition coefficient (Wildman–Crippen LogP) is 4.14. The first-order valence-corrected chi connectivity index (χ1v) is 10.4. The molecule has 0 aliphatic rings. The summed E-state index contributed by atoms with van der Waals surface area (Å²) in [5.41, 5.74) is 0.819. The summed E-state index contributed by atoms with van der Waals surface area (Å²) < 4.78 is 10.6. The van der Waals surface area contributed by atoms with Gasteiger partial charge in [-0.15, -0.1) is 11.8 Å². The number of amides is 1. The highest BCUT2D eigenvalue weighted by Gasteiger charge is 2.24. The fraction of sp³-hybridized carbons (Fsp3) is 0.333. The molecule has 0 aliphatic carbocycles. The third-order valence-electron chi connectivity index (χ3n) is 4.29. The molecule has 0 saturated heterocycles. The molecular weight excluding hydrogens is 388 g/mol. The summed E-state index contributed by atoms with van der Waals surface area (Å²) in [6.07, 6.45) is 3.74. The smallest absolute Gasteiger partial charge is 0.249 e. The van der Waals surface area contributed by atoms with Crippen LogP contribution in [0.15, 0.2) is 58.2 Å². The van der Waals surface area contributed by atoms with Gasteiger partial charge in [0.05, 0.1) is 7.11 Å². The zero-order chi connectivity index (χ0) is 20.6. The quantitative estimate of drug-likeness (QED) is 0.528. The Morgan fingerprint density at radius 3 is 2.55 bits per heavy atom. The molecule has 0 bridgehead atoms. The monoisotopic (exact) mass is 412 g/mol. The normalized spacial score (nSPS) is 12.0. The highest BCUT2D eigenvalue weighted by molar-refractivity contribution is 7.99. The Balaban J connectivity index is 1.56. The number of methoxy groups -OCH3 is 1. The number of hydrogen-bond donors (Lipinski definition) is 1. The number of carbonyl (C=O) groups excluding carboxylic acids is 1. The van der Waals surface area contributed by atoms with Crippen molar-refractivity contribution in [1.82, 2.24) is 20.4 Å². The molecule has 1 amide bonds. The van der Waals surface area contributed by atoms with Gasteiger partial charge in [0.1, 0.15) is 11.8 Å². The second-order valence-corrected chi connectivity index (χ2v) is 7.92. The van der Waals surface area contributed by atoms with Crippen LogP contribution in [-0.4, -0.2) is 33.9 Å². The maximum absolute atomic E-state index is 12.5. The van der Waals surface area contributed by atoms with Gasteiger partial charge < -0.3 is 14.6 Å². The average molecular weight is 413 g/mol. The zero-order valence-corrected chi connectivity index (χ0v) is 17.5. The number of nitrogens with zero attached hydrogens (tertiary/aromatic N) is 3. The first-order chi connectivity index (χ1) is 14.1. The van der Waals surface area contributed by atoms with Gasteiger partial charge in [0, 0.05) is 35.0 Å². The molecule has 0 saturated carbocycles. The van der Waals surface area contributed by atoms with Crippen LogP contribution in [0.3, 0.4) is 0 Å². The maximum Gasteiger partial charge on any atom is 0.249 e. The number of rotatable bonds is 9. The van der Waals surface area contributed by atoms with Gasteiger partial charge in [-0.25, -0.2) is 0 Å². The Kier molecular flexibility index (Phi) is 7.24. The lowest BCUT2D eigenvalue weighted by Crippen LogP contribution is -2.32. The third kappa shape index (κ3) is 5.80. The van der Waals surface area contributed by atoms with E-state index in [1.165, 1.54) is 0 Å². The predicted molar refractivity (Wildman–Crippen MR) is 112 cm³/mol. The number of carbonyl (C=O) groups is 1. The lowest BCUT2D eigenvalue weighted by molar-refractivity contribution is -0.122. The fourth-order valence-corrected chi connectivity index (χ4v) is 3.52. The number of hydrogen-bond acceptors (Lipinski definition) is 7. The van der Waals surface area contributed by atoms with Crippen LogP contribution in [0.2, 0.25) is 0 Å². The largest absolute Gasteiger partial charge is 0.497 e. The van der Waals surface area contributed by atoms with Crippen molar-refractivity contribution < 1.29 is 14.1 Å². The molecule has 3 rings (SSSR count). The lowest BCUT2D eigenvalue weighted by Gasteiger charge is -2.18. The molecule has 2 aromatic heterocycles. The van der Waals surface area contributed by atoms with E-state index in [-0.39, 0.29) is 17.9 Å². The molecule has 0 fully saturated rings. The van der Waals surface area contributed by atoms with E-state index in [0.29, 0.717) is 23.9 Å². The summed E-state index contributed by atoms with van der Waals surface area (Å²) in [7, 11) is 1.64. The molecule has 1 atom stereocenters. The van der Waals surface area contributed by atoms with E-state index in [1.54, 1.807) is 31.3 Å². The van der Waals surface area contributed by atoms with Crippen LogP contribution < -0.4 is 10.1 Å². The Morgan fingerprint density at radius 2 is 1.90 bits per heavy atom. The van der Waals surface area contributed by atoms with Crippen molar-refractivity contribution in [2.45, 2.75) is 31.2 Å². The van der Waals surface area contributed by atoms with Gasteiger partial charge in [0.15, 0.2) is 0 Å². The van der Waals surface area contributed by atoms with E-state index in [9.17, 15) is 4.79 Å². The molecule has 7 nitrogen and oxygen atoms in total. The lowest BCUT2D eigenvalue weighted by atomic mass is 10.0. The van der Waals surface area contributed by atoms with Gasteiger partial charge in [0.25, 0.3) is 0 Å². The maximum atomic E-state index is 12.5. The molecule has 8 heteroatoms. The van der Waals surface area contributed by atoms with E-state index in [2.05, 4.69) is 20.4 Å². The SMILES string of the molecule is COc1ccc(SCCC(=O)NC(c2nc(-c3ccncc3)no2)C(C)C)cc1. The molecule has 0 spiro atoms. The van der Waals surface area contributed by atoms with E-state index >= 15 is 0 Å². The van der Waals surface area contributed by atoms with Gasteiger partial charge in [-0.2, -0.15) is 4.98 Å². The summed E-state index contributed by atoms with van der Waals surface area (Å²) in [6.45, 7) is 4.01. The molecule has 3 aromatic rings. The van der Waals surface area contributed by atoms with Crippen LogP contribution in [-0.2, 0) is 4.79 Å². The molecule has 0 aliphatic heterocycles. The standard InChI is InChI=1S/C21H24N4O3S/c1-14(2)19(21-24-20(25-28-21)15-8-11-22-12-9-15)23-18(26)10-13-29-17-6-4-16(27-3)5-7-17/h4-9,11-12,14,19H,10,13H2,1-3H3,(H,23,26). The van der Waals surface area contributed by atoms with E-state index in [0.717, 1.165) is 16.2 Å². The zero-order valence-electron chi connectivity index (χ0n) is 16.7. The van der Waals surface area contributed by atoms with E-state index in [4.69, 9.17) is 9.26 Å². The summed E-state index contributed by atoms with van der Waals surface area (Å²) >= 11 is 1.63. The van der Waals surface area contributed by atoms with Crippen LogP contribution in [0, 0.1) is 5.92 Å². The van der Waals surface area contributed by atoms with Crippen LogP contribution >= 0.6 is 11.8 Å². The Labute approximate surface area is 174 Å². The van der Waals surface area contributed by atoms with Crippen molar-refractivity contribution in [1.29, 1.82) is 0 Å². The number of ether oxygens (including phenoxy) is 1. The fourth-order valence-electron chi connectivity index (χ4n) is 2.67. The number of thioether (sulfide) groups is 1. The van der Waals surface area contributed by atoms with Gasteiger partial charge in [-0.05, 0) is 42.3 Å². The molecule has 2 heterocycles. The first-order valence-electron chi connectivity index (χ1n) is 9.37. The summed E-state index contributed by atoms with van der Waals surface area (Å²) in [4.78, 5) is 22.0. The van der Waals surface area contributed by atoms with Crippen molar-refractivity contribution >= 4 is 17.7 Å². The number of aromatic nitrogens is 3. The molecule has 1 N–H and O–H groups in total. The van der Waals surface area contributed by atoms with Crippen LogP contribution in [0.25, 0.3) is 11.4 Å². The number of nitrogens with one attached hydrogen (secondary N) is 1. The average Bonchev–Trinajstić information content (AvgIpc) is 3.23. The van der Waals surface area contributed by atoms with Gasteiger partial charge in [-0.1, -0.05) is 19.0 Å². The van der Waals surface area contributed by atoms with Crippen LogP contribution in [0.1, 0.15) is 32.2 Å². The van der Waals surface area contributed by atoms with Crippen molar-refractivity contribution in [3.8, 4) is 17.1 Å². The Morgan fingerprint density at radius 1 is 1.17 bits per heavy atom. The third-order valence-corrected chi connectivity index (χ3v) is 5.30. The van der Waals surface area contributed by atoms with E-state index < -0.39 is 0 Å². The molecular formula is C21H24N4O3S. The second kappa shape index (κ2) is 10.1. The van der Waals surface area contributed by atoms with Crippen molar-refractivity contribution in [3.63, 3.8) is 0 Å². The van der Waals surface area contributed by atoms with Crippen LogP contribution in [0.4, 0.5) is 0 Å². The minimum absolute atomic E-state index is 0.0478. The molecule has 29 heavy (non-hydrogen) atoms. The minimum Gasteiger partial charge on any atom is -0.497 e. The molecule has 152 valence electrons. The highest BCUT2D eigenvalue weighted by atomic mass is 32.2. The second-order valence-electron chi connectivity index (χ2n) is 6.76. The first kappa shape index (κ1) is 20.9. The van der Waals surface area contributed by atoms with Gasteiger partial charge >= 0.3 is 0 Å². The number of benzene rings is 1. The molecule has 1 aromatic carbocycles. The van der Waals surface area contributed by atoms with Crippen molar-refractivity contribution in [2.24, 2.45) is 5.92 Å². The Bertz CT molecular complexity index is 913. The Hall–Kier alpha value is -2.87. The van der Waals surface area contributed by atoms with Crippen molar-refractivity contribution in [3.05, 3.63) is 54.7 Å². The topological polar surface area (TPSA) is 90.1 Å². The van der Waals surface area contributed by atoms with Gasteiger partial charge in [0.2, 0.25) is 17.6 Å². The summed E-state index contributed by atoms with van der Waals surface area (Å²) in [6, 6.07) is 11.1. The van der Waals surface area contributed by atoms with Crippen molar-refractivity contribution in [2.75, 3.05) is 12.9 Å². The summed E-state index contributed by atoms with van der Waals surface area (Å²) in [5, 5.41) is 7.05. The highest BCUT2D eigenvalue weighted by Crippen LogP contribution is 2.25. The van der Waals surface area contributed by atoms with Gasteiger partial charge in [-0.3, -0.25) is 9.78 Å². The number of pyridine rings is 1. The molecule has 0 radical (unpaired) electrons. The summed E-state index contributed by atoms with van der Waals surface area (Å²) in [5.74, 6) is 2.44.